The average Bonchev–Trinajstić information content (AvgIpc) is 3.07. The van der Waals surface area contributed by atoms with Crippen LogP contribution in [0.25, 0.3) is 11.1 Å². The van der Waals surface area contributed by atoms with Crippen LogP contribution < -0.4 is 5.73 Å². The summed E-state index contributed by atoms with van der Waals surface area (Å²) >= 11 is 0. The lowest BCUT2D eigenvalue weighted by molar-refractivity contribution is 0.507. The predicted octanol–water partition coefficient (Wildman–Crippen LogP) is 2.43. The fraction of sp³-hybridized carbons (Fsp3) is 0.143. The lowest BCUT2D eigenvalue weighted by atomic mass is 10.0. The van der Waals surface area contributed by atoms with Crippen molar-refractivity contribution in [3.8, 4) is 11.1 Å². The minimum atomic E-state index is 0.514. The van der Waals surface area contributed by atoms with Gasteiger partial charge in [0.2, 0.25) is 0 Å². The number of aryl methyl sites for hydroxylation is 2. The second-order valence-electron chi connectivity index (χ2n) is 4.28. The average molecular weight is 254 g/mol. The van der Waals surface area contributed by atoms with Crippen molar-refractivity contribution in [1.82, 2.24) is 15.2 Å². The Kier molecular flexibility index (Phi) is 3.02. The number of H-pyrrole nitrogens is 1. The van der Waals surface area contributed by atoms with E-state index in [1.54, 1.807) is 18.7 Å². The maximum atomic E-state index is 5.94. The Morgan fingerprint density at radius 2 is 2.00 bits per heavy atom. The SMILES string of the molecule is Nc1n[nH]c(CCc2ccco2)c1-c1ccncc1. The van der Waals surface area contributed by atoms with Crippen LogP contribution in [0.3, 0.4) is 0 Å². The highest BCUT2D eigenvalue weighted by molar-refractivity contribution is 5.75. The van der Waals surface area contributed by atoms with E-state index in [-0.39, 0.29) is 0 Å². The van der Waals surface area contributed by atoms with E-state index < -0.39 is 0 Å². The number of hydrogen-bond donors (Lipinski definition) is 2. The van der Waals surface area contributed by atoms with Gasteiger partial charge in [0.05, 0.1) is 6.26 Å². The summed E-state index contributed by atoms with van der Waals surface area (Å²) in [6.07, 6.45) is 6.79. The van der Waals surface area contributed by atoms with Crippen LogP contribution in [0.5, 0.6) is 0 Å². The molecule has 0 saturated carbocycles. The van der Waals surface area contributed by atoms with E-state index in [1.165, 1.54) is 0 Å². The van der Waals surface area contributed by atoms with Crippen molar-refractivity contribution < 1.29 is 4.42 Å². The molecule has 0 spiro atoms. The van der Waals surface area contributed by atoms with Gasteiger partial charge in [-0.05, 0) is 36.2 Å². The van der Waals surface area contributed by atoms with Gasteiger partial charge in [-0.25, -0.2) is 0 Å². The predicted molar refractivity (Wildman–Crippen MR) is 72.3 cm³/mol. The monoisotopic (exact) mass is 254 g/mol. The van der Waals surface area contributed by atoms with Gasteiger partial charge in [0, 0.05) is 30.1 Å². The molecule has 3 N–H and O–H groups in total. The van der Waals surface area contributed by atoms with Crippen LogP contribution in [0.15, 0.2) is 47.3 Å². The fourth-order valence-corrected chi connectivity index (χ4v) is 2.12. The first kappa shape index (κ1) is 11.5. The van der Waals surface area contributed by atoms with Gasteiger partial charge in [-0.2, -0.15) is 5.10 Å². The van der Waals surface area contributed by atoms with Gasteiger partial charge in [-0.15, -0.1) is 0 Å². The summed E-state index contributed by atoms with van der Waals surface area (Å²) in [4.78, 5) is 4.01. The maximum absolute atomic E-state index is 5.94. The zero-order valence-corrected chi connectivity index (χ0v) is 10.3. The molecule has 0 radical (unpaired) electrons. The van der Waals surface area contributed by atoms with Gasteiger partial charge in [-0.1, -0.05) is 0 Å². The lowest BCUT2D eigenvalue weighted by Crippen LogP contribution is -1.94. The number of nitrogens with two attached hydrogens (primary N) is 1. The number of hydrogen-bond acceptors (Lipinski definition) is 4. The smallest absolute Gasteiger partial charge is 0.153 e. The van der Waals surface area contributed by atoms with Crippen molar-refractivity contribution in [2.45, 2.75) is 12.8 Å². The molecular formula is C14H14N4O. The van der Waals surface area contributed by atoms with Gasteiger partial charge in [0.1, 0.15) is 5.76 Å². The lowest BCUT2D eigenvalue weighted by Gasteiger charge is -2.03. The Morgan fingerprint density at radius 3 is 2.74 bits per heavy atom. The van der Waals surface area contributed by atoms with E-state index in [1.807, 2.05) is 24.3 Å². The number of rotatable bonds is 4. The number of anilines is 1. The van der Waals surface area contributed by atoms with Crippen molar-refractivity contribution >= 4 is 5.82 Å². The normalized spacial score (nSPS) is 10.7. The molecule has 5 heteroatoms. The maximum Gasteiger partial charge on any atom is 0.153 e. The summed E-state index contributed by atoms with van der Waals surface area (Å²) in [6, 6.07) is 7.71. The van der Waals surface area contributed by atoms with Crippen molar-refractivity contribution in [2.75, 3.05) is 5.73 Å². The third-order valence-corrected chi connectivity index (χ3v) is 3.04. The second-order valence-corrected chi connectivity index (χ2v) is 4.28. The number of nitrogen functional groups attached to an aromatic ring is 1. The number of furan rings is 1. The van der Waals surface area contributed by atoms with E-state index >= 15 is 0 Å². The molecule has 0 amide bonds. The highest BCUT2D eigenvalue weighted by Crippen LogP contribution is 2.28. The Morgan fingerprint density at radius 1 is 1.16 bits per heavy atom. The molecule has 0 atom stereocenters. The van der Waals surface area contributed by atoms with Gasteiger partial charge in [0.15, 0.2) is 5.82 Å². The Bertz CT molecular complexity index is 643. The first-order chi connectivity index (χ1) is 9.34. The van der Waals surface area contributed by atoms with E-state index in [9.17, 15) is 0 Å². The molecule has 3 aromatic rings. The molecule has 0 saturated heterocycles. The van der Waals surface area contributed by atoms with Crippen molar-refractivity contribution in [3.05, 3.63) is 54.4 Å². The first-order valence-electron chi connectivity index (χ1n) is 6.10. The Labute approximate surface area is 110 Å². The minimum Gasteiger partial charge on any atom is -0.469 e. The Balaban J connectivity index is 1.87. The molecule has 3 aromatic heterocycles. The number of aromatic amines is 1. The molecule has 3 heterocycles. The molecule has 0 aliphatic carbocycles. The van der Waals surface area contributed by atoms with E-state index in [0.717, 1.165) is 35.4 Å². The van der Waals surface area contributed by atoms with Gasteiger partial charge in [0.25, 0.3) is 0 Å². The molecule has 0 unspecified atom stereocenters. The molecular weight excluding hydrogens is 240 g/mol. The van der Waals surface area contributed by atoms with Gasteiger partial charge < -0.3 is 10.2 Å². The molecule has 0 aromatic carbocycles. The molecule has 0 bridgehead atoms. The van der Waals surface area contributed by atoms with E-state index in [4.69, 9.17) is 10.2 Å². The summed E-state index contributed by atoms with van der Waals surface area (Å²) < 4.78 is 5.33. The highest BCUT2D eigenvalue weighted by Gasteiger charge is 2.13. The quantitative estimate of drug-likeness (QED) is 0.749. The topological polar surface area (TPSA) is 80.7 Å². The molecule has 0 aliphatic rings. The summed E-state index contributed by atoms with van der Waals surface area (Å²) in [5.74, 6) is 1.47. The first-order valence-corrected chi connectivity index (χ1v) is 6.10. The van der Waals surface area contributed by atoms with Crippen LogP contribution in [0, 0.1) is 0 Å². The van der Waals surface area contributed by atoms with Crippen LogP contribution in [-0.2, 0) is 12.8 Å². The third-order valence-electron chi connectivity index (χ3n) is 3.04. The molecule has 0 fully saturated rings. The largest absolute Gasteiger partial charge is 0.469 e. The minimum absolute atomic E-state index is 0.514. The number of aromatic nitrogens is 3. The van der Waals surface area contributed by atoms with E-state index in [0.29, 0.717) is 5.82 Å². The van der Waals surface area contributed by atoms with Gasteiger partial charge in [-0.3, -0.25) is 10.1 Å². The highest BCUT2D eigenvalue weighted by atomic mass is 16.3. The molecule has 96 valence electrons. The summed E-state index contributed by atoms with van der Waals surface area (Å²) in [5, 5.41) is 7.09. The summed E-state index contributed by atoms with van der Waals surface area (Å²) in [6.45, 7) is 0. The molecule has 0 aliphatic heterocycles. The summed E-state index contributed by atoms with van der Waals surface area (Å²) in [5.41, 5.74) is 8.93. The fourth-order valence-electron chi connectivity index (χ4n) is 2.12. The zero-order valence-electron chi connectivity index (χ0n) is 10.3. The van der Waals surface area contributed by atoms with Gasteiger partial charge >= 0.3 is 0 Å². The molecule has 3 rings (SSSR count). The van der Waals surface area contributed by atoms with Crippen molar-refractivity contribution in [3.63, 3.8) is 0 Å². The zero-order chi connectivity index (χ0) is 13.1. The second kappa shape index (κ2) is 4.97. The van der Waals surface area contributed by atoms with Crippen LogP contribution in [0.4, 0.5) is 5.82 Å². The standard InChI is InChI=1S/C14H14N4O/c15-14-13(10-5-7-16-8-6-10)12(17-18-14)4-3-11-2-1-9-19-11/h1-2,5-9H,3-4H2,(H3,15,17,18). The van der Waals surface area contributed by atoms with Crippen molar-refractivity contribution in [1.29, 1.82) is 0 Å². The van der Waals surface area contributed by atoms with Crippen LogP contribution >= 0.6 is 0 Å². The summed E-state index contributed by atoms with van der Waals surface area (Å²) in [7, 11) is 0. The van der Waals surface area contributed by atoms with Crippen LogP contribution in [0.1, 0.15) is 11.5 Å². The Hall–Kier alpha value is -2.56. The number of nitrogens with one attached hydrogen (secondary N) is 1. The number of nitrogens with zero attached hydrogens (tertiary/aromatic N) is 2. The third kappa shape index (κ3) is 2.35. The number of pyridine rings is 1. The van der Waals surface area contributed by atoms with Crippen LogP contribution in [-0.4, -0.2) is 15.2 Å². The molecule has 5 nitrogen and oxygen atoms in total. The molecule has 19 heavy (non-hydrogen) atoms. The van der Waals surface area contributed by atoms with E-state index in [2.05, 4.69) is 15.2 Å². The van der Waals surface area contributed by atoms with Crippen molar-refractivity contribution in [2.24, 2.45) is 0 Å². The van der Waals surface area contributed by atoms with Crippen LogP contribution in [0.2, 0.25) is 0 Å².